The highest BCUT2D eigenvalue weighted by Gasteiger charge is 2.38. The van der Waals surface area contributed by atoms with Crippen LogP contribution in [0.4, 0.5) is 0 Å². The van der Waals surface area contributed by atoms with Crippen LogP contribution in [0.1, 0.15) is 30.7 Å². The van der Waals surface area contributed by atoms with E-state index in [1.165, 1.54) is 0 Å². The summed E-state index contributed by atoms with van der Waals surface area (Å²) in [6, 6.07) is 5.73. The molecule has 1 amide bonds. The Kier molecular flexibility index (Phi) is 4.96. The fourth-order valence-electron chi connectivity index (χ4n) is 3.56. The van der Waals surface area contributed by atoms with Crippen molar-refractivity contribution in [2.45, 2.75) is 30.8 Å². The normalized spacial score (nSPS) is 26.0. The van der Waals surface area contributed by atoms with Gasteiger partial charge < -0.3 is 24.2 Å². The molecule has 1 aromatic rings. The molecule has 1 N–H and O–H groups in total. The van der Waals surface area contributed by atoms with Gasteiger partial charge in [0.25, 0.3) is 0 Å². The summed E-state index contributed by atoms with van der Waals surface area (Å²) >= 11 is 0. The number of amides is 1. The molecule has 2 atom stereocenters. The van der Waals surface area contributed by atoms with Crippen molar-refractivity contribution in [3.05, 3.63) is 23.8 Å². The zero-order chi connectivity index (χ0) is 17.2. The van der Waals surface area contributed by atoms with Gasteiger partial charge in [0.2, 0.25) is 5.91 Å². The second-order valence-electron chi connectivity index (χ2n) is 6.58. The SMILES string of the molecule is COc1ccc2c(c1)OCC2CC(=O)N1CCCC(CO)(OC)C1. The number of benzene rings is 1. The Bertz CT molecular complexity index is 599. The van der Waals surface area contributed by atoms with Crippen LogP contribution < -0.4 is 9.47 Å². The molecule has 6 heteroatoms. The number of aliphatic hydroxyl groups excluding tert-OH is 1. The molecule has 3 rings (SSSR count). The van der Waals surface area contributed by atoms with Crippen molar-refractivity contribution in [3.8, 4) is 11.5 Å². The Morgan fingerprint density at radius 3 is 3.00 bits per heavy atom. The highest BCUT2D eigenvalue weighted by Crippen LogP contribution is 2.38. The third kappa shape index (κ3) is 3.21. The van der Waals surface area contributed by atoms with Crippen molar-refractivity contribution in [1.82, 2.24) is 4.90 Å². The predicted molar refractivity (Wildman–Crippen MR) is 88.5 cm³/mol. The highest BCUT2D eigenvalue weighted by molar-refractivity contribution is 5.77. The lowest BCUT2D eigenvalue weighted by atomic mass is 9.92. The summed E-state index contributed by atoms with van der Waals surface area (Å²) in [5, 5.41) is 9.61. The van der Waals surface area contributed by atoms with Crippen LogP contribution in [0.5, 0.6) is 11.5 Å². The molecular formula is C18H25NO5. The van der Waals surface area contributed by atoms with E-state index in [0.29, 0.717) is 26.1 Å². The summed E-state index contributed by atoms with van der Waals surface area (Å²) in [6.07, 6.45) is 2.03. The maximum absolute atomic E-state index is 12.7. The van der Waals surface area contributed by atoms with Gasteiger partial charge in [-0.05, 0) is 18.9 Å². The first-order valence-corrected chi connectivity index (χ1v) is 8.35. The molecular weight excluding hydrogens is 310 g/mol. The Morgan fingerprint density at radius 1 is 1.46 bits per heavy atom. The minimum Gasteiger partial charge on any atom is -0.497 e. The van der Waals surface area contributed by atoms with E-state index in [9.17, 15) is 9.90 Å². The van der Waals surface area contributed by atoms with Crippen molar-refractivity contribution in [3.63, 3.8) is 0 Å². The maximum atomic E-state index is 12.7. The van der Waals surface area contributed by atoms with Crippen molar-refractivity contribution in [2.24, 2.45) is 0 Å². The standard InChI is InChI=1S/C18H25NO5/c1-22-14-4-5-15-13(10-24-16(15)9-14)8-17(21)19-7-3-6-18(11-19,12-20)23-2/h4-5,9,13,20H,3,6-8,10-12H2,1-2H3. The first kappa shape index (κ1) is 17.0. The summed E-state index contributed by atoms with van der Waals surface area (Å²) in [5.74, 6) is 1.70. The molecule has 0 radical (unpaired) electrons. The molecule has 2 unspecified atom stereocenters. The van der Waals surface area contributed by atoms with Gasteiger partial charge in [-0.3, -0.25) is 4.79 Å². The van der Waals surface area contributed by atoms with Crippen molar-refractivity contribution in [2.75, 3.05) is 40.5 Å². The molecule has 1 aromatic carbocycles. The molecule has 0 aliphatic carbocycles. The summed E-state index contributed by atoms with van der Waals surface area (Å²) in [6.45, 7) is 1.61. The van der Waals surface area contributed by atoms with E-state index in [1.807, 2.05) is 23.1 Å². The van der Waals surface area contributed by atoms with E-state index < -0.39 is 5.60 Å². The number of hydrogen-bond acceptors (Lipinski definition) is 5. The van der Waals surface area contributed by atoms with Gasteiger partial charge in [0.1, 0.15) is 17.1 Å². The molecule has 0 spiro atoms. The number of nitrogens with zero attached hydrogens (tertiary/aromatic N) is 1. The largest absolute Gasteiger partial charge is 0.497 e. The number of aliphatic hydroxyl groups is 1. The number of hydrogen-bond donors (Lipinski definition) is 1. The smallest absolute Gasteiger partial charge is 0.223 e. The van der Waals surface area contributed by atoms with Gasteiger partial charge in [-0.2, -0.15) is 0 Å². The monoisotopic (exact) mass is 335 g/mol. The van der Waals surface area contributed by atoms with E-state index >= 15 is 0 Å². The summed E-state index contributed by atoms with van der Waals surface area (Å²) in [4.78, 5) is 14.5. The average Bonchev–Trinajstić information content (AvgIpc) is 3.03. The maximum Gasteiger partial charge on any atom is 0.223 e. The topological polar surface area (TPSA) is 68.2 Å². The summed E-state index contributed by atoms with van der Waals surface area (Å²) in [5.41, 5.74) is 0.437. The minimum absolute atomic E-state index is 0.0615. The lowest BCUT2D eigenvalue weighted by molar-refractivity contribution is -0.144. The van der Waals surface area contributed by atoms with E-state index in [4.69, 9.17) is 14.2 Å². The Morgan fingerprint density at radius 2 is 2.29 bits per heavy atom. The number of likely N-dealkylation sites (tertiary alicyclic amines) is 1. The molecule has 2 aliphatic heterocycles. The van der Waals surface area contributed by atoms with Crippen LogP contribution in [0.3, 0.4) is 0 Å². The molecule has 2 heterocycles. The number of rotatable bonds is 5. The van der Waals surface area contributed by atoms with Gasteiger partial charge in [0.15, 0.2) is 0 Å². The zero-order valence-electron chi connectivity index (χ0n) is 14.3. The molecule has 6 nitrogen and oxygen atoms in total. The third-order valence-corrected chi connectivity index (χ3v) is 5.13. The van der Waals surface area contributed by atoms with Crippen LogP contribution in [0.25, 0.3) is 0 Å². The first-order chi connectivity index (χ1) is 11.6. The van der Waals surface area contributed by atoms with Gasteiger partial charge >= 0.3 is 0 Å². The van der Waals surface area contributed by atoms with E-state index in [1.54, 1.807) is 14.2 Å². The summed E-state index contributed by atoms with van der Waals surface area (Å²) < 4.78 is 16.4. The highest BCUT2D eigenvalue weighted by atomic mass is 16.5. The van der Waals surface area contributed by atoms with E-state index in [2.05, 4.69) is 0 Å². The van der Waals surface area contributed by atoms with Gasteiger partial charge in [-0.25, -0.2) is 0 Å². The van der Waals surface area contributed by atoms with Gasteiger partial charge in [0.05, 0.1) is 26.9 Å². The Balaban J connectivity index is 1.66. The van der Waals surface area contributed by atoms with E-state index in [-0.39, 0.29) is 18.4 Å². The fraction of sp³-hybridized carbons (Fsp3) is 0.611. The minimum atomic E-state index is -0.620. The van der Waals surface area contributed by atoms with Crippen molar-refractivity contribution >= 4 is 5.91 Å². The number of fused-ring (bicyclic) bond motifs is 1. The summed E-state index contributed by atoms with van der Waals surface area (Å²) in [7, 11) is 3.22. The van der Waals surface area contributed by atoms with Crippen molar-refractivity contribution in [1.29, 1.82) is 0 Å². The van der Waals surface area contributed by atoms with Crippen LogP contribution in [0.2, 0.25) is 0 Å². The number of carbonyl (C=O) groups excluding carboxylic acids is 1. The number of carbonyl (C=O) groups is 1. The number of methoxy groups -OCH3 is 2. The van der Waals surface area contributed by atoms with Crippen LogP contribution in [0.15, 0.2) is 18.2 Å². The second-order valence-corrected chi connectivity index (χ2v) is 6.58. The van der Waals surface area contributed by atoms with Gasteiger partial charge in [-0.15, -0.1) is 0 Å². The molecule has 0 saturated carbocycles. The molecule has 0 bridgehead atoms. The van der Waals surface area contributed by atoms with Crippen LogP contribution in [-0.2, 0) is 9.53 Å². The van der Waals surface area contributed by atoms with Crippen LogP contribution in [-0.4, -0.2) is 62.0 Å². The lowest BCUT2D eigenvalue weighted by Gasteiger charge is -2.41. The Labute approximate surface area is 142 Å². The van der Waals surface area contributed by atoms with Gasteiger partial charge in [0, 0.05) is 37.6 Å². The van der Waals surface area contributed by atoms with Crippen molar-refractivity contribution < 1.29 is 24.1 Å². The second kappa shape index (κ2) is 6.99. The van der Waals surface area contributed by atoms with Gasteiger partial charge in [-0.1, -0.05) is 6.07 Å². The first-order valence-electron chi connectivity index (χ1n) is 8.35. The fourth-order valence-corrected chi connectivity index (χ4v) is 3.56. The molecule has 0 aromatic heterocycles. The third-order valence-electron chi connectivity index (χ3n) is 5.13. The number of ether oxygens (including phenoxy) is 3. The van der Waals surface area contributed by atoms with E-state index in [0.717, 1.165) is 29.9 Å². The molecule has 1 saturated heterocycles. The zero-order valence-corrected chi connectivity index (χ0v) is 14.3. The molecule has 132 valence electrons. The number of piperidine rings is 1. The quantitative estimate of drug-likeness (QED) is 0.884. The molecule has 24 heavy (non-hydrogen) atoms. The lowest BCUT2D eigenvalue weighted by Crippen LogP contribution is -2.53. The van der Waals surface area contributed by atoms with Crippen LogP contribution >= 0.6 is 0 Å². The molecule has 2 aliphatic rings. The Hall–Kier alpha value is -1.79. The predicted octanol–water partition coefficient (Wildman–Crippen LogP) is 1.56. The molecule has 1 fully saturated rings. The van der Waals surface area contributed by atoms with Crippen LogP contribution in [0, 0.1) is 0 Å². The average molecular weight is 335 g/mol.